The third kappa shape index (κ3) is 4.12. The van der Waals surface area contributed by atoms with E-state index in [2.05, 4.69) is 20.8 Å². The number of alkyl halides is 1. The molecule has 14 heavy (non-hydrogen) atoms. The fourth-order valence-corrected chi connectivity index (χ4v) is 1.23. The molecule has 0 saturated heterocycles. The molecule has 1 aromatic carbocycles. The second-order valence-corrected chi connectivity index (χ2v) is 4.99. The summed E-state index contributed by atoms with van der Waals surface area (Å²) < 4.78 is 5.56. The average Bonchev–Trinajstić information content (AvgIpc) is 2.14. The van der Waals surface area contributed by atoms with E-state index in [4.69, 9.17) is 16.3 Å². The Kier molecular flexibility index (Phi) is 3.97. The molecule has 0 radical (unpaired) electrons. The molecule has 0 aliphatic heterocycles. The summed E-state index contributed by atoms with van der Waals surface area (Å²) in [5.41, 5.74) is 0.830. The molecular formula is C12H17ClO. The van der Waals surface area contributed by atoms with Crippen LogP contribution in [0.25, 0.3) is 0 Å². The zero-order valence-corrected chi connectivity index (χ0v) is 9.71. The lowest BCUT2D eigenvalue weighted by Crippen LogP contribution is -2.15. The van der Waals surface area contributed by atoms with Crippen molar-refractivity contribution in [3.05, 3.63) is 35.9 Å². The average molecular weight is 213 g/mol. The van der Waals surface area contributed by atoms with E-state index in [-0.39, 0.29) is 11.0 Å². The van der Waals surface area contributed by atoms with Crippen LogP contribution in [0.5, 0.6) is 0 Å². The fourth-order valence-electron chi connectivity index (χ4n) is 1.02. The maximum absolute atomic E-state index is 6.09. The first-order valence-electron chi connectivity index (χ1n) is 4.80. The van der Waals surface area contributed by atoms with E-state index in [9.17, 15) is 0 Å². The molecule has 78 valence electrons. The van der Waals surface area contributed by atoms with Crippen molar-refractivity contribution in [1.82, 2.24) is 0 Å². The summed E-state index contributed by atoms with van der Waals surface area (Å²) >= 11 is 6.09. The van der Waals surface area contributed by atoms with Crippen molar-refractivity contribution in [1.29, 1.82) is 0 Å². The van der Waals surface area contributed by atoms with Gasteiger partial charge in [0.1, 0.15) is 0 Å². The van der Waals surface area contributed by atoms with Crippen LogP contribution in [0.1, 0.15) is 31.9 Å². The third-order valence-electron chi connectivity index (χ3n) is 1.72. The summed E-state index contributed by atoms with van der Waals surface area (Å²) in [6.45, 7) is 7.04. The van der Waals surface area contributed by atoms with Gasteiger partial charge in [-0.1, -0.05) is 62.7 Å². The highest BCUT2D eigenvalue weighted by Crippen LogP contribution is 2.24. The lowest BCUT2D eigenvalue weighted by Gasteiger charge is -2.20. The van der Waals surface area contributed by atoms with Gasteiger partial charge in [-0.05, 0) is 11.0 Å². The summed E-state index contributed by atoms with van der Waals surface area (Å²) in [5, 5.41) is 0. The lowest BCUT2D eigenvalue weighted by molar-refractivity contribution is 0.0502. The molecule has 0 heterocycles. The van der Waals surface area contributed by atoms with Crippen LogP contribution in [0.4, 0.5) is 0 Å². The Labute approximate surface area is 91.0 Å². The van der Waals surface area contributed by atoms with Crippen molar-refractivity contribution in [3.8, 4) is 0 Å². The standard InChI is InChI=1S/C12H17ClO/c1-12(2,3)9-14-11(13)10-7-5-4-6-8-10/h4-8,11H,9H2,1-3H3. The second-order valence-electron chi connectivity index (χ2n) is 4.60. The molecule has 0 fully saturated rings. The molecule has 0 aliphatic carbocycles. The van der Waals surface area contributed by atoms with Crippen LogP contribution in [-0.4, -0.2) is 6.61 Å². The first-order chi connectivity index (χ1) is 6.49. The SMILES string of the molecule is CC(C)(C)COC(Cl)c1ccccc1. The van der Waals surface area contributed by atoms with Crippen molar-refractivity contribution >= 4 is 11.6 Å². The van der Waals surface area contributed by atoms with Crippen LogP contribution >= 0.6 is 11.6 Å². The van der Waals surface area contributed by atoms with Gasteiger partial charge in [0.05, 0.1) is 6.61 Å². The molecule has 1 aromatic rings. The van der Waals surface area contributed by atoms with Crippen molar-refractivity contribution in [3.63, 3.8) is 0 Å². The molecule has 1 nitrogen and oxygen atoms in total. The number of benzene rings is 1. The Balaban J connectivity index is 2.48. The minimum absolute atomic E-state index is 0.155. The van der Waals surface area contributed by atoms with Crippen molar-refractivity contribution in [2.75, 3.05) is 6.61 Å². The van der Waals surface area contributed by atoms with Gasteiger partial charge in [0.2, 0.25) is 0 Å². The molecule has 1 unspecified atom stereocenters. The van der Waals surface area contributed by atoms with Crippen molar-refractivity contribution in [2.24, 2.45) is 5.41 Å². The summed E-state index contributed by atoms with van der Waals surface area (Å²) in [4.78, 5) is 0. The predicted octanol–water partition coefficient (Wildman–Crippen LogP) is 3.99. The van der Waals surface area contributed by atoms with Crippen LogP contribution in [0, 0.1) is 5.41 Å². The minimum atomic E-state index is -0.338. The Morgan fingerprint density at radius 3 is 2.29 bits per heavy atom. The van der Waals surface area contributed by atoms with Crippen LogP contribution in [-0.2, 0) is 4.74 Å². The summed E-state index contributed by atoms with van der Waals surface area (Å²) in [6.07, 6.45) is 0. The van der Waals surface area contributed by atoms with Crippen molar-refractivity contribution in [2.45, 2.75) is 26.3 Å². The normalized spacial score (nSPS) is 14.0. The number of rotatable bonds is 3. The topological polar surface area (TPSA) is 9.23 Å². The van der Waals surface area contributed by atoms with Crippen LogP contribution in [0.2, 0.25) is 0 Å². The maximum atomic E-state index is 6.09. The van der Waals surface area contributed by atoms with Gasteiger partial charge in [0.25, 0.3) is 0 Å². The molecule has 0 aromatic heterocycles. The summed E-state index contributed by atoms with van der Waals surface area (Å²) in [5.74, 6) is 0. The van der Waals surface area contributed by atoms with Gasteiger partial charge >= 0.3 is 0 Å². The molecule has 0 amide bonds. The molecule has 0 saturated carbocycles. The Bertz CT molecular complexity index is 263. The lowest BCUT2D eigenvalue weighted by atomic mass is 9.99. The second kappa shape index (κ2) is 4.81. The first kappa shape index (κ1) is 11.5. The Hall–Kier alpha value is -0.530. The van der Waals surface area contributed by atoms with E-state index in [1.807, 2.05) is 30.3 Å². The highest BCUT2D eigenvalue weighted by atomic mass is 35.5. The maximum Gasteiger partial charge on any atom is 0.156 e. The van der Waals surface area contributed by atoms with Crippen molar-refractivity contribution < 1.29 is 4.74 Å². The molecule has 2 heteroatoms. The Morgan fingerprint density at radius 2 is 1.79 bits per heavy atom. The highest BCUT2D eigenvalue weighted by Gasteiger charge is 2.14. The van der Waals surface area contributed by atoms with Gasteiger partial charge in [0.15, 0.2) is 5.56 Å². The largest absolute Gasteiger partial charge is 0.358 e. The molecule has 0 aliphatic rings. The predicted molar refractivity (Wildman–Crippen MR) is 60.4 cm³/mol. The molecule has 0 spiro atoms. The van der Waals surface area contributed by atoms with E-state index in [0.29, 0.717) is 6.61 Å². The molecule has 1 rings (SSSR count). The van der Waals surface area contributed by atoms with E-state index in [1.165, 1.54) is 0 Å². The fraction of sp³-hybridized carbons (Fsp3) is 0.500. The quantitative estimate of drug-likeness (QED) is 0.689. The number of ether oxygens (including phenoxy) is 1. The van der Waals surface area contributed by atoms with Crippen LogP contribution < -0.4 is 0 Å². The van der Waals surface area contributed by atoms with Gasteiger partial charge in [-0.25, -0.2) is 0 Å². The minimum Gasteiger partial charge on any atom is -0.358 e. The number of hydrogen-bond acceptors (Lipinski definition) is 1. The zero-order chi connectivity index (χ0) is 10.6. The van der Waals surface area contributed by atoms with E-state index in [1.54, 1.807) is 0 Å². The van der Waals surface area contributed by atoms with Gasteiger partial charge < -0.3 is 4.74 Å². The molecular weight excluding hydrogens is 196 g/mol. The molecule has 0 N–H and O–H groups in total. The Morgan fingerprint density at radius 1 is 1.21 bits per heavy atom. The number of hydrogen-bond donors (Lipinski definition) is 0. The molecule has 0 bridgehead atoms. The van der Waals surface area contributed by atoms with Gasteiger partial charge in [-0.3, -0.25) is 0 Å². The molecule has 1 atom stereocenters. The van der Waals surface area contributed by atoms with Gasteiger partial charge in [-0.15, -0.1) is 0 Å². The van der Waals surface area contributed by atoms with E-state index in [0.717, 1.165) is 5.56 Å². The van der Waals surface area contributed by atoms with Crippen LogP contribution in [0.15, 0.2) is 30.3 Å². The summed E-state index contributed by atoms with van der Waals surface area (Å²) in [6, 6.07) is 9.84. The monoisotopic (exact) mass is 212 g/mol. The van der Waals surface area contributed by atoms with E-state index >= 15 is 0 Å². The first-order valence-corrected chi connectivity index (χ1v) is 5.23. The number of halogens is 1. The van der Waals surface area contributed by atoms with Crippen LogP contribution in [0.3, 0.4) is 0 Å². The summed E-state index contributed by atoms with van der Waals surface area (Å²) in [7, 11) is 0. The highest BCUT2D eigenvalue weighted by molar-refractivity contribution is 6.19. The van der Waals surface area contributed by atoms with E-state index < -0.39 is 0 Å². The van der Waals surface area contributed by atoms with Gasteiger partial charge in [-0.2, -0.15) is 0 Å². The van der Waals surface area contributed by atoms with Gasteiger partial charge in [0, 0.05) is 0 Å². The smallest absolute Gasteiger partial charge is 0.156 e. The third-order valence-corrected chi connectivity index (χ3v) is 2.10. The zero-order valence-electron chi connectivity index (χ0n) is 8.96.